The molecule has 0 aliphatic rings. The van der Waals surface area contributed by atoms with E-state index in [0.717, 1.165) is 10.8 Å². The molecule has 104 valence electrons. The Balaban J connectivity index is 2.10. The van der Waals surface area contributed by atoms with Gasteiger partial charge in [0.05, 0.1) is 5.69 Å². The van der Waals surface area contributed by atoms with Crippen molar-refractivity contribution < 1.29 is 0 Å². The molecular formula is C14H11N5O2. The van der Waals surface area contributed by atoms with Gasteiger partial charge in [-0.3, -0.25) is 9.78 Å². The first-order chi connectivity index (χ1) is 10.1. The molecule has 0 spiro atoms. The Morgan fingerprint density at radius 3 is 2.38 bits per heavy atom. The summed E-state index contributed by atoms with van der Waals surface area (Å²) in [5.41, 5.74) is 5.98. The first-order valence-corrected chi connectivity index (χ1v) is 6.16. The summed E-state index contributed by atoms with van der Waals surface area (Å²) < 4.78 is 0. The van der Waals surface area contributed by atoms with Crippen LogP contribution >= 0.6 is 0 Å². The van der Waals surface area contributed by atoms with Gasteiger partial charge in [0.1, 0.15) is 0 Å². The topological polar surface area (TPSA) is 116 Å². The number of aromatic nitrogens is 2. The summed E-state index contributed by atoms with van der Waals surface area (Å²) in [5, 5.41) is 9.63. The second-order valence-electron chi connectivity index (χ2n) is 4.38. The number of azo groups is 1. The quantitative estimate of drug-likeness (QED) is 0.493. The fraction of sp³-hybridized carbons (Fsp3) is 0. The van der Waals surface area contributed by atoms with Gasteiger partial charge in [-0.05, 0) is 12.1 Å². The van der Waals surface area contributed by atoms with E-state index in [2.05, 4.69) is 20.2 Å². The van der Waals surface area contributed by atoms with Crippen molar-refractivity contribution in [3.8, 4) is 0 Å². The van der Waals surface area contributed by atoms with E-state index in [9.17, 15) is 9.59 Å². The molecular weight excluding hydrogens is 270 g/mol. The van der Waals surface area contributed by atoms with Crippen LogP contribution in [0.25, 0.3) is 10.8 Å². The highest BCUT2D eigenvalue weighted by atomic mass is 16.2. The minimum absolute atomic E-state index is 0.0236. The predicted octanol–water partition coefficient (Wildman–Crippen LogP) is 2.21. The number of nitrogens with zero attached hydrogens (tertiary/aromatic N) is 2. The van der Waals surface area contributed by atoms with Crippen LogP contribution < -0.4 is 17.0 Å². The fourth-order valence-corrected chi connectivity index (χ4v) is 1.98. The van der Waals surface area contributed by atoms with E-state index in [4.69, 9.17) is 5.73 Å². The van der Waals surface area contributed by atoms with E-state index >= 15 is 0 Å². The SMILES string of the molecule is Nc1ccc(N=Nc2c[nH]c(=O)[nH]c2=O)c2ccccc12. The molecule has 0 fully saturated rings. The lowest BCUT2D eigenvalue weighted by Crippen LogP contribution is -2.20. The number of rotatable bonds is 2. The maximum Gasteiger partial charge on any atom is 0.325 e. The summed E-state index contributed by atoms with van der Waals surface area (Å²) in [6, 6.07) is 11.0. The average Bonchev–Trinajstić information content (AvgIpc) is 2.48. The Kier molecular flexibility index (Phi) is 3.07. The van der Waals surface area contributed by atoms with Crippen LogP contribution in [-0.2, 0) is 0 Å². The van der Waals surface area contributed by atoms with Gasteiger partial charge in [0.25, 0.3) is 5.56 Å². The molecule has 2 aromatic carbocycles. The van der Waals surface area contributed by atoms with Gasteiger partial charge in [-0.15, -0.1) is 10.2 Å². The van der Waals surface area contributed by atoms with Crippen LogP contribution in [-0.4, -0.2) is 9.97 Å². The Hall–Kier alpha value is -3.22. The molecule has 4 N–H and O–H groups in total. The smallest absolute Gasteiger partial charge is 0.325 e. The van der Waals surface area contributed by atoms with Crippen molar-refractivity contribution in [2.75, 3.05) is 5.73 Å². The molecule has 0 aliphatic heterocycles. The first kappa shape index (κ1) is 12.8. The number of nitrogens with one attached hydrogen (secondary N) is 2. The van der Waals surface area contributed by atoms with E-state index in [1.165, 1.54) is 6.20 Å². The predicted molar refractivity (Wildman–Crippen MR) is 80.2 cm³/mol. The minimum Gasteiger partial charge on any atom is -0.398 e. The summed E-state index contributed by atoms with van der Waals surface area (Å²) in [4.78, 5) is 26.9. The third kappa shape index (κ3) is 2.44. The van der Waals surface area contributed by atoms with E-state index in [1.54, 1.807) is 12.1 Å². The summed E-state index contributed by atoms with van der Waals surface area (Å²) in [6.07, 6.45) is 1.21. The van der Waals surface area contributed by atoms with Crippen molar-refractivity contribution in [3.05, 3.63) is 63.4 Å². The summed E-state index contributed by atoms with van der Waals surface area (Å²) in [5.74, 6) is 0. The number of nitrogens with two attached hydrogens (primary N) is 1. The second kappa shape index (κ2) is 5.04. The number of fused-ring (bicyclic) bond motifs is 1. The maximum absolute atomic E-state index is 11.5. The molecule has 1 aromatic heterocycles. The van der Waals surface area contributed by atoms with Gasteiger partial charge in [-0.2, -0.15) is 0 Å². The molecule has 1 heterocycles. The maximum atomic E-state index is 11.5. The lowest BCUT2D eigenvalue weighted by atomic mass is 10.1. The minimum atomic E-state index is -0.595. The van der Waals surface area contributed by atoms with Crippen LogP contribution in [0.1, 0.15) is 0 Å². The standard InChI is InChI=1S/C14H11N5O2/c15-10-5-6-11(9-4-2-1-3-8(9)10)18-19-12-7-16-14(21)17-13(12)20/h1-7H,15H2,(H2,16,17,20,21). The van der Waals surface area contributed by atoms with Crippen LogP contribution in [0, 0.1) is 0 Å². The Labute approximate surface area is 118 Å². The number of aromatic amines is 2. The normalized spacial score (nSPS) is 11.2. The largest absolute Gasteiger partial charge is 0.398 e. The van der Waals surface area contributed by atoms with Crippen molar-refractivity contribution in [2.24, 2.45) is 10.2 Å². The van der Waals surface area contributed by atoms with Crippen molar-refractivity contribution >= 4 is 27.8 Å². The van der Waals surface area contributed by atoms with Crippen LogP contribution in [0.3, 0.4) is 0 Å². The van der Waals surface area contributed by atoms with Crippen molar-refractivity contribution in [1.29, 1.82) is 0 Å². The highest BCUT2D eigenvalue weighted by Crippen LogP contribution is 2.30. The fourth-order valence-electron chi connectivity index (χ4n) is 1.98. The third-order valence-electron chi connectivity index (χ3n) is 3.00. The average molecular weight is 281 g/mol. The van der Waals surface area contributed by atoms with Crippen LogP contribution in [0.2, 0.25) is 0 Å². The van der Waals surface area contributed by atoms with Crippen LogP contribution in [0.4, 0.5) is 17.1 Å². The zero-order chi connectivity index (χ0) is 14.8. The molecule has 3 aromatic rings. The number of nitrogen functional groups attached to an aromatic ring is 1. The zero-order valence-corrected chi connectivity index (χ0v) is 10.8. The molecule has 3 rings (SSSR count). The van der Waals surface area contributed by atoms with E-state index in [1.807, 2.05) is 24.3 Å². The summed E-state index contributed by atoms with van der Waals surface area (Å²) >= 11 is 0. The lowest BCUT2D eigenvalue weighted by Gasteiger charge is -2.03. The number of anilines is 1. The molecule has 0 atom stereocenters. The van der Waals surface area contributed by atoms with Crippen molar-refractivity contribution in [3.63, 3.8) is 0 Å². The molecule has 0 bridgehead atoms. The lowest BCUT2D eigenvalue weighted by molar-refractivity contribution is 1.02. The van der Waals surface area contributed by atoms with Crippen molar-refractivity contribution in [2.45, 2.75) is 0 Å². The number of H-pyrrole nitrogens is 2. The second-order valence-corrected chi connectivity index (χ2v) is 4.38. The molecule has 21 heavy (non-hydrogen) atoms. The van der Waals surface area contributed by atoms with Crippen LogP contribution in [0.15, 0.2) is 62.4 Å². The van der Waals surface area contributed by atoms with Crippen molar-refractivity contribution in [1.82, 2.24) is 9.97 Å². The Bertz CT molecular complexity index is 955. The zero-order valence-electron chi connectivity index (χ0n) is 10.8. The van der Waals surface area contributed by atoms with E-state index in [-0.39, 0.29) is 5.69 Å². The summed E-state index contributed by atoms with van der Waals surface area (Å²) in [6.45, 7) is 0. The number of benzene rings is 2. The van der Waals surface area contributed by atoms with Gasteiger partial charge in [-0.25, -0.2) is 4.79 Å². The molecule has 0 saturated carbocycles. The van der Waals surface area contributed by atoms with Crippen LogP contribution in [0.5, 0.6) is 0 Å². The first-order valence-electron chi connectivity index (χ1n) is 6.16. The highest BCUT2D eigenvalue weighted by Gasteiger charge is 2.03. The van der Waals surface area contributed by atoms with Gasteiger partial charge in [0.15, 0.2) is 5.69 Å². The molecule has 0 amide bonds. The number of hydrogen-bond acceptors (Lipinski definition) is 5. The van der Waals surface area contributed by atoms with Gasteiger partial charge >= 0.3 is 5.69 Å². The van der Waals surface area contributed by atoms with E-state index in [0.29, 0.717) is 11.4 Å². The highest BCUT2D eigenvalue weighted by molar-refractivity contribution is 5.99. The molecule has 0 unspecified atom stereocenters. The Morgan fingerprint density at radius 1 is 0.905 bits per heavy atom. The van der Waals surface area contributed by atoms with Gasteiger partial charge < -0.3 is 10.7 Å². The monoisotopic (exact) mass is 281 g/mol. The third-order valence-corrected chi connectivity index (χ3v) is 3.00. The molecule has 0 radical (unpaired) electrons. The molecule has 0 saturated heterocycles. The summed E-state index contributed by atoms with van der Waals surface area (Å²) in [7, 11) is 0. The number of hydrogen-bond donors (Lipinski definition) is 3. The molecule has 7 nitrogen and oxygen atoms in total. The van der Waals surface area contributed by atoms with E-state index < -0.39 is 11.2 Å². The Morgan fingerprint density at radius 2 is 1.62 bits per heavy atom. The van der Waals surface area contributed by atoms with Gasteiger partial charge in [-0.1, -0.05) is 24.3 Å². The molecule has 0 aliphatic carbocycles. The van der Waals surface area contributed by atoms with Gasteiger partial charge in [0.2, 0.25) is 0 Å². The van der Waals surface area contributed by atoms with Gasteiger partial charge in [0, 0.05) is 22.7 Å². The molecule has 7 heteroatoms.